The molecule has 1 aliphatic carbocycles. The molecule has 1 aromatic carbocycles. The first kappa shape index (κ1) is 21.0. The molecule has 0 heterocycles. The summed E-state index contributed by atoms with van der Waals surface area (Å²) in [6.07, 6.45) is 8.62. The highest BCUT2D eigenvalue weighted by Gasteiger charge is 2.19. The predicted octanol–water partition coefficient (Wildman–Crippen LogP) is 4.77. The maximum Gasteiger partial charge on any atom is 0.262 e. The number of carbonyl (C=O) groups is 1. The van der Waals surface area contributed by atoms with Crippen LogP contribution in [0.4, 0.5) is 0 Å². The van der Waals surface area contributed by atoms with Crippen LogP contribution < -0.4 is 14.8 Å². The number of nitrogens with zero attached hydrogens (tertiary/aromatic N) is 1. The Morgan fingerprint density at radius 3 is 2.74 bits per heavy atom. The number of ether oxygens (including phenoxy) is 2. The molecule has 1 aliphatic rings. The summed E-state index contributed by atoms with van der Waals surface area (Å²) in [5, 5.41) is 12.4. The van der Waals surface area contributed by atoms with Crippen molar-refractivity contribution in [2.24, 2.45) is 0 Å². The topological polar surface area (TPSA) is 71.3 Å². The first-order chi connectivity index (χ1) is 13.1. The Morgan fingerprint density at radius 2 is 2.11 bits per heavy atom. The van der Waals surface area contributed by atoms with Gasteiger partial charge in [0.2, 0.25) is 0 Å². The molecule has 0 radical (unpaired) electrons. The van der Waals surface area contributed by atoms with Gasteiger partial charge in [-0.05, 0) is 59.5 Å². The van der Waals surface area contributed by atoms with Crippen LogP contribution >= 0.6 is 15.9 Å². The van der Waals surface area contributed by atoms with Crippen molar-refractivity contribution < 1.29 is 14.3 Å². The number of amides is 1. The smallest absolute Gasteiger partial charge is 0.262 e. The number of halogens is 1. The van der Waals surface area contributed by atoms with Crippen molar-refractivity contribution in [3.05, 3.63) is 40.4 Å². The molecule has 144 valence electrons. The summed E-state index contributed by atoms with van der Waals surface area (Å²) < 4.78 is 12.0. The van der Waals surface area contributed by atoms with Gasteiger partial charge in [-0.2, -0.15) is 5.26 Å². The van der Waals surface area contributed by atoms with E-state index in [0.29, 0.717) is 34.7 Å². The fourth-order valence-electron chi connectivity index (χ4n) is 3.04. The van der Waals surface area contributed by atoms with Gasteiger partial charge in [-0.25, -0.2) is 0 Å². The minimum Gasteiger partial charge on any atom is -0.490 e. The molecule has 0 bridgehead atoms. The number of benzene rings is 1. The maximum absolute atomic E-state index is 12.5. The summed E-state index contributed by atoms with van der Waals surface area (Å²) in [6.45, 7) is 6.34. The maximum atomic E-state index is 12.5. The fourth-order valence-corrected chi connectivity index (χ4v) is 3.62. The second-order valence-corrected chi connectivity index (χ2v) is 7.20. The third kappa shape index (κ3) is 6.14. The van der Waals surface area contributed by atoms with Crippen LogP contribution in [0.15, 0.2) is 34.8 Å². The highest BCUT2D eigenvalue weighted by Crippen LogP contribution is 2.37. The number of hydrogen-bond acceptors (Lipinski definition) is 4. The highest BCUT2D eigenvalue weighted by molar-refractivity contribution is 9.10. The quantitative estimate of drug-likeness (QED) is 0.364. The Balaban J connectivity index is 2.24. The highest BCUT2D eigenvalue weighted by atomic mass is 79.9. The standard InChI is InChI=1S/C21H25BrN2O3/c1-3-10-27-20-18(22)12-15(13-19(20)26-4-2)11-16(14-23)21(25)24-17-8-6-5-7-9-17/h3,11-13,17H,1,4-10H2,2H3,(H,24,25)/b16-11+. The van der Waals surface area contributed by atoms with Crippen molar-refractivity contribution in [3.63, 3.8) is 0 Å². The van der Waals surface area contributed by atoms with E-state index in [9.17, 15) is 10.1 Å². The van der Waals surface area contributed by atoms with Crippen molar-refractivity contribution >= 4 is 27.9 Å². The molecule has 0 spiro atoms. The van der Waals surface area contributed by atoms with Gasteiger partial charge in [-0.15, -0.1) is 0 Å². The number of carbonyl (C=O) groups excluding carboxylic acids is 1. The lowest BCUT2D eigenvalue weighted by molar-refractivity contribution is -0.117. The first-order valence-electron chi connectivity index (χ1n) is 9.21. The second kappa shape index (κ2) is 10.8. The lowest BCUT2D eigenvalue weighted by Gasteiger charge is -2.22. The lowest BCUT2D eigenvalue weighted by atomic mass is 9.95. The number of nitriles is 1. The molecule has 0 atom stereocenters. The molecule has 0 aliphatic heterocycles. The van der Waals surface area contributed by atoms with Crippen molar-refractivity contribution in [1.29, 1.82) is 5.26 Å². The van der Waals surface area contributed by atoms with Crippen LogP contribution in [0.5, 0.6) is 11.5 Å². The summed E-state index contributed by atoms with van der Waals surface area (Å²) >= 11 is 3.47. The third-order valence-corrected chi connectivity index (χ3v) is 4.88. The van der Waals surface area contributed by atoms with Gasteiger partial charge in [0.15, 0.2) is 11.5 Å². The zero-order valence-electron chi connectivity index (χ0n) is 15.6. The first-order valence-corrected chi connectivity index (χ1v) is 10.0. The Labute approximate surface area is 169 Å². The molecule has 27 heavy (non-hydrogen) atoms. The summed E-state index contributed by atoms with van der Waals surface area (Å²) in [6, 6.07) is 5.72. The van der Waals surface area contributed by atoms with Crippen LogP contribution in [0.1, 0.15) is 44.6 Å². The molecule has 6 heteroatoms. The molecule has 1 amide bonds. The lowest BCUT2D eigenvalue weighted by Crippen LogP contribution is -2.36. The Morgan fingerprint density at radius 1 is 1.37 bits per heavy atom. The van der Waals surface area contributed by atoms with Crippen molar-refractivity contribution in [3.8, 4) is 17.6 Å². The van der Waals surface area contributed by atoms with Gasteiger partial charge < -0.3 is 14.8 Å². The van der Waals surface area contributed by atoms with E-state index >= 15 is 0 Å². The van der Waals surface area contributed by atoms with Crippen LogP contribution in [-0.4, -0.2) is 25.2 Å². The molecule has 2 rings (SSSR count). The summed E-state index contributed by atoms with van der Waals surface area (Å²) in [5.41, 5.74) is 0.765. The van der Waals surface area contributed by atoms with Crippen molar-refractivity contribution in [2.75, 3.05) is 13.2 Å². The van der Waals surface area contributed by atoms with Crippen molar-refractivity contribution in [1.82, 2.24) is 5.32 Å². The molecule has 5 nitrogen and oxygen atoms in total. The van der Waals surface area contributed by atoms with Gasteiger partial charge in [0.1, 0.15) is 18.2 Å². The second-order valence-electron chi connectivity index (χ2n) is 6.34. The van der Waals surface area contributed by atoms with E-state index in [1.165, 1.54) is 6.42 Å². The van der Waals surface area contributed by atoms with Gasteiger partial charge in [-0.1, -0.05) is 31.9 Å². The van der Waals surface area contributed by atoms with Gasteiger partial charge >= 0.3 is 0 Å². The van der Waals surface area contributed by atoms with Gasteiger partial charge in [-0.3, -0.25) is 4.79 Å². The van der Waals surface area contributed by atoms with Crippen LogP contribution in [-0.2, 0) is 4.79 Å². The van der Waals surface area contributed by atoms with E-state index in [2.05, 4.69) is 27.8 Å². The molecule has 1 fully saturated rings. The minimum atomic E-state index is -0.328. The van der Waals surface area contributed by atoms with Gasteiger partial charge in [0.05, 0.1) is 11.1 Å². The Hall–Kier alpha value is -2.26. The molecule has 0 saturated heterocycles. The molecule has 1 saturated carbocycles. The van der Waals surface area contributed by atoms with E-state index in [1.54, 1.807) is 24.3 Å². The summed E-state index contributed by atoms with van der Waals surface area (Å²) in [5.74, 6) is 0.787. The van der Waals surface area contributed by atoms with E-state index in [4.69, 9.17) is 9.47 Å². The van der Waals surface area contributed by atoms with Crippen LogP contribution in [0.25, 0.3) is 6.08 Å². The zero-order valence-corrected chi connectivity index (χ0v) is 17.2. The molecular formula is C21H25BrN2O3. The van der Waals surface area contributed by atoms with Crippen LogP contribution in [0, 0.1) is 11.3 Å². The Bertz CT molecular complexity index is 747. The number of hydrogen-bond donors (Lipinski definition) is 1. The minimum absolute atomic E-state index is 0.0784. The monoisotopic (exact) mass is 432 g/mol. The average molecular weight is 433 g/mol. The Kier molecular flexibility index (Phi) is 8.41. The number of rotatable bonds is 8. The zero-order chi connectivity index (χ0) is 19.6. The van der Waals surface area contributed by atoms with E-state index in [1.807, 2.05) is 13.0 Å². The van der Waals surface area contributed by atoms with Gasteiger partial charge in [0.25, 0.3) is 5.91 Å². The molecular weight excluding hydrogens is 408 g/mol. The summed E-state index contributed by atoms with van der Waals surface area (Å²) in [4.78, 5) is 12.5. The molecule has 0 unspecified atom stereocenters. The molecule has 0 aromatic heterocycles. The van der Waals surface area contributed by atoms with Crippen LogP contribution in [0.3, 0.4) is 0 Å². The molecule has 1 aromatic rings. The summed E-state index contributed by atoms with van der Waals surface area (Å²) in [7, 11) is 0. The van der Waals surface area contributed by atoms with E-state index in [-0.39, 0.29) is 17.5 Å². The predicted molar refractivity (Wildman–Crippen MR) is 110 cm³/mol. The largest absolute Gasteiger partial charge is 0.490 e. The molecule has 1 N–H and O–H groups in total. The number of nitrogens with one attached hydrogen (secondary N) is 1. The van der Waals surface area contributed by atoms with Crippen molar-refractivity contribution in [2.45, 2.75) is 45.1 Å². The van der Waals surface area contributed by atoms with Crippen LogP contribution in [0.2, 0.25) is 0 Å². The SMILES string of the molecule is C=CCOc1c(Br)cc(/C=C(\C#N)C(=O)NC2CCCCC2)cc1OCC. The normalized spacial score (nSPS) is 14.9. The van der Waals surface area contributed by atoms with E-state index in [0.717, 1.165) is 25.7 Å². The fraction of sp³-hybridized carbons (Fsp3) is 0.429. The van der Waals surface area contributed by atoms with E-state index < -0.39 is 0 Å². The average Bonchev–Trinajstić information content (AvgIpc) is 2.66. The van der Waals surface area contributed by atoms with Gasteiger partial charge in [0, 0.05) is 6.04 Å². The third-order valence-electron chi connectivity index (χ3n) is 4.29.